The van der Waals surface area contributed by atoms with E-state index in [-0.39, 0.29) is 6.03 Å². The van der Waals surface area contributed by atoms with Crippen LogP contribution in [0.5, 0.6) is 0 Å². The van der Waals surface area contributed by atoms with Crippen molar-refractivity contribution in [2.24, 2.45) is 5.92 Å². The van der Waals surface area contributed by atoms with Crippen LogP contribution in [0.15, 0.2) is 24.3 Å². The molecule has 31 heavy (non-hydrogen) atoms. The second-order valence-corrected chi connectivity index (χ2v) is 10.6. The summed E-state index contributed by atoms with van der Waals surface area (Å²) in [6.07, 6.45) is 8.67. The lowest BCUT2D eigenvalue weighted by atomic mass is 9.80. The summed E-state index contributed by atoms with van der Waals surface area (Å²) in [4.78, 5) is 18.9. The minimum Gasteiger partial charge on any atom is -0.349 e. The van der Waals surface area contributed by atoms with Crippen molar-refractivity contribution < 1.29 is 4.79 Å². The third-order valence-electron chi connectivity index (χ3n) is 7.74. The molecule has 2 heterocycles. The smallest absolute Gasteiger partial charge is 0.317 e. The molecule has 1 N–H and O–H groups in total. The van der Waals surface area contributed by atoms with Crippen LogP contribution in [0.4, 0.5) is 10.6 Å². The topological polar surface area (TPSA) is 51.7 Å². The molecule has 3 fully saturated rings. The first-order valence-electron chi connectivity index (χ1n) is 11.9. The van der Waals surface area contributed by atoms with Crippen LogP contribution in [0.2, 0.25) is 0 Å². The van der Waals surface area contributed by atoms with Gasteiger partial charge < -0.3 is 15.1 Å². The Labute approximate surface area is 189 Å². The van der Waals surface area contributed by atoms with Crippen molar-refractivity contribution in [2.45, 2.75) is 63.1 Å². The Morgan fingerprint density at radius 2 is 1.87 bits per heavy atom. The number of piperazine rings is 1. The maximum absolute atomic E-state index is 11.9. The number of urea groups is 1. The lowest BCUT2D eigenvalue weighted by Gasteiger charge is -2.54. The molecule has 0 bridgehead atoms. The summed E-state index contributed by atoms with van der Waals surface area (Å²) in [5, 5.41) is 4.49. The summed E-state index contributed by atoms with van der Waals surface area (Å²) in [7, 11) is 3.62. The molecule has 2 amide bonds. The standard InChI is InChI=1S/C24H35N5OS/c1-27(2)24(30)25-18-9-7-17(8-10-18)13-14-28-15-16-29(21-12-11-20(21)28)23-19-5-3-4-6-22(19)31-26-23/h3-6,17-18,20-21H,7-16H2,1-2H3,(H,25,30)/t17-,18-,20?,21?. The van der Waals surface area contributed by atoms with E-state index in [4.69, 9.17) is 4.37 Å². The number of carbonyl (C=O) groups excluding carboxylic acids is 1. The zero-order valence-electron chi connectivity index (χ0n) is 18.8. The van der Waals surface area contributed by atoms with E-state index in [1.54, 1.807) is 16.4 Å². The van der Waals surface area contributed by atoms with Crippen molar-refractivity contribution in [3.05, 3.63) is 24.3 Å². The summed E-state index contributed by atoms with van der Waals surface area (Å²) >= 11 is 1.64. The molecule has 1 aromatic heterocycles. The summed E-state index contributed by atoms with van der Waals surface area (Å²) < 4.78 is 6.14. The molecule has 2 aliphatic carbocycles. The van der Waals surface area contributed by atoms with Gasteiger partial charge in [0, 0.05) is 50.7 Å². The zero-order chi connectivity index (χ0) is 21.4. The number of anilines is 1. The molecule has 3 aliphatic rings. The highest BCUT2D eigenvalue weighted by atomic mass is 32.1. The molecule has 1 aliphatic heterocycles. The summed E-state index contributed by atoms with van der Waals surface area (Å²) in [5.41, 5.74) is 0. The predicted molar refractivity (Wildman–Crippen MR) is 128 cm³/mol. The number of benzene rings is 1. The van der Waals surface area contributed by atoms with E-state index in [0.29, 0.717) is 18.1 Å². The zero-order valence-corrected chi connectivity index (χ0v) is 19.6. The van der Waals surface area contributed by atoms with Gasteiger partial charge in [-0.15, -0.1) is 0 Å². The monoisotopic (exact) mass is 441 g/mol. The minimum atomic E-state index is 0.0465. The second kappa shape index (κ2) is 8.94. The van der Waals surface area contributed by atoms with Gasteiger partial charge in [0.25, 0.3) is 0 Å². The highest BCUT2D eigenvalue weighted by molar-refractivity contribution is 7.13. The molecule has 2 saturated carbocycles. The largest absolute Gasteiger partial charge is 0.349 e. The third-order valence-corrected chi connectivity index (χ3v) is 8.55. The molecule has 1 saturated heterocycles. The van der Waals surface area contributed by atoms with Gasteiger partial charge in [-0.1, -0.05) is 12.1 Å². The summed E-state index contributed by atoms with van der Waals surface area (Å²) in [6, 6.07) is 10.4. The maximum Gasteiger partial charge on any atom is 0.317 e. The van der Waals surface area contributed by atoms with E-state index >= 15 is 0 Å². The number of nitrogens with zero attached hydrogens (tertiary/aromatic N) is 4. The number of nitrogens with one attached hydrogen (secondary N) is 1. The quantitative estimate of drug-likeness (QED) is 0.757. The van der Waals surface area contributed by atoms with E-state index in [1.807, 2.05) is 14.1 Å². The Balaban J connectivity index is 1.12. The SMILES string of the molecule is CN(C)C(=O)N[C@H]1CC[C@H](CCN2CCN(c3nsc4ccccc34)C3CCC32)CC1. The first-order chi connectivity index (χ1) is 15.1. The predicted octanol–water partition coefficient (Wildman–Crippen LogP) is 4.17. The van der Waals surface area contributed by atoms with Gasteiger partial charge in [-0.2, -0.15) is 4.37 Å². The van der Waals surface area contributed by atoms with E-state index in [0.717, 1.165) is 31.8 Å². The lowest BCUT2D eigenvalue weighted by molar-refractivity contribution is 0.0646. The number of carbonyl (C=O) groups is 1. The van der Waals surface area contributed by atoms with E-state index in [2.05, 4.69) is 39.4 Å². The van der Waals surface area contributed by atoms with Crippen molar-refractivity contribution in [1.29, 1.82) is 0 Å². The van der Waals surface area contributed by atoms with Crippen molar-refractivity contribution in [2.75, 3.05) is 38.6 Å². The molecule has 5 rings (SSSR count). The molecule has 7 heteroatoms. The van der Waals surface area contributed by atoms with Crippen molar-refractivity contribution in [3.8, 4) is 0 Å². The van der Waals surface area contributed by atoms with Gasteiger partial charge >= 0.3 is 6.03 Å². The van der Waals surface area contributed by atoms with Gasteiger partial charge in [0.15, 0.2) is 5.82 Å². The van der Waals surface area contributed by atoms with Gasteiger partial charge in [-0.05, 0) is 81.1 Å². The molecule has 0 radical (unpaired) electrons. The van der Waals surface area contributed by atoms with Crippen molar-refractivity contribution in [3.63, 3.8) is 0 Å². The Kier molecular flexibility index (Phi) is 6.06. The first-order valence-corrected chi connectivity index (χ1v) is 12.7. The van der Waals surface area contributed by atoms with Crippen LogP contribution in [-0.4, -0.2) is 72.1 Å². The Bertz CT molecular complexity index is 906. The van der Waals surface area contributed by atoms with Crippen LogP contribution in [0.1, 0.15) is 44.9 Å². The average molecular weight is 442 g/mol. The van der Waals surface area contributed by atoms with Gasteiger partial charge in [0.1, 0.15) is 0 Å². The third kappa shape index (κ3) is 4.27. The number of hydrogen-bond acceptors (Lipinski definition) is 5. The molecule has 0 spiro atoms. The van der Waals surface area contributed by atoms with Crippen LogP contribution in [0, 0.1) is 5.92 Å². The number of hydrogen-bond donors (Lipinski definition) is 1. The molecule has 2 aromatic rings. The normalized spacial score (nSPS) is 28.8. The molecule has 168 valence electrons. The molecule has 6 nitrogen and oxygen atoms in total. The Morgan fingerprint density at radius 1 is 1.10 bits per heavy atom. The van der Waals surface area contributed by atoms with Crippen LogP contribution >= 0.6 is 11.5 Å². The van der Waals surface area contributed by atoms with E-state index in [1.165, 1.54) is 54.6 Å². The van der Waals surface area contributed by atoms with Crippen LogP contribution in [0.25, 0.3) is 10.1 Å². The number of amides is 2. The molecule has 2 unspecified atom stereocenters. The molecular formula is C24H35N5OS. The number of rotatable bonds is 5. The fourth-order valence-corrected chi connectivity index (χ4v) is 6.48. The maximum atomic E-state index is 11.9. The molecular weight excluding hydrogens is 406 g/mol. The van der Waals surface area contributed by atoms with Crippen LogP contribution < -0.4 is 10.2 Å². The van der Waals surface area contributed by atoms with Crippen LogP contribution in [-0.2, 0) is 0 Å². The average Bonchev–Trinajstić information content (AvgIpc) is 3.18. The Morgan fingerprint density at radius 3 is 2.61 bits per heavy atom. The van der Waals surface area contributed by atoms with E-state index in [9.17, 15) is 4.79 Å². The highest BCUT2D eigenvalue weighted by Crippen LogP contribution is 2.40. The highest BCUT2D eigenvalue weighted by Gasteiger charge is 2.43. The first kappa shape index (κ1) is 21.0. The fraction of sp³-hybridized carbons (Fsp3) is 0.667. The number of aromatic nitrogens is 1. The van der Waals surface area contributed by atoms with Crippen molar-refractivity contribution >= 4 is 33.5 Å². The van der Waals surface area contributed by atoms with Gasteiger partial charge in [0.2, 0.25) is 0 Å². The van der Waals surface area contributed by atoms with Crippen LogP contribution in [0.3, 0.4) is 0 Å². The molecule has 1 aromatic carbocycles. The summed E-state index contributed by atoms with van der Waals surface area (Å²) in [5.74, 6) is 2.03. The summed E-state index contributed by atoms with van der Waals surface area (Å²) in [6.45, 7) is 3.48. The van der Waals surface area contributed by atoms with E-state index < -0.39 is 0 Å². The van der Waals surface area contributed by atoms with Crippen molar-refractivity contribution in [1.82, 2.24) is 19.5 Å². The van der Waals surface area contributed by atoms with Gasteiger partial charge in [0.05, 0.1) is 4.70 Å². The van der Waals surface area contributed by atoms with Gasteiger partial charge in [-0.3, -0.25) is 4.90 Å². The number of fused-ring (bicyclic) bond motifs is 2. The fourth-order valence-electron chi connectivity index (χ4n) is 5.69. The molecule has 2 atom stereocenters. The minimum absolute atomic E-state index is 0.0465. The Hall–Kier alpha value is -1.86. The van der Waals surface area contributed by atoms with Gasteiger partial charge in [-0.25, -0.2) is 4.79 Å². The second-order valence-electron chi connectivity index (χ2n) is 9.79. The lowest BCUT2D eigenvalue weighted by Crippen LogP contribution is -2.65.